The van der Waals surface area contributed by atoms with Crippen LogP contribution >= 0.6 is 0 Å². The van der Waals surface area contributed by atoms with Crippen LogP contribution in [0.5, 0.6) is 11.5 Å². The van der Waals surface area contributed by atoms with Gasteiger partial charge in [0.05, 0.1) is 11.3 Å². The standard InChI is InChI=1S/C12H12N2O5/c1-2-3-13-12(17)14-8-5-10-9(18-6-19-10)4-7(8)11(15)16/h2,4-5H,1,3,6H2,(H,15,16)(H2,13,14,17). The van der Waals surface area contributed by atoms with E-state index in [0.29, 0.717) is 11.5 Å². The normalized spacial score (nSPS) is 11.8. The van der Waals surface area contributed by atoms with Crippen molar-refractivity contribution in [1.29, 1.82) is 0 Å². The minimum Gasteiger partial charge on any atom is -0.478 e. The van der Waals surface area contributed by atoms with E-state index in [0.717, 1.165) is 0 Å². The molecule has 1 aromatic rings. The predicted octanol–water partition coefficient (Wildman–Crippen LogP) is 1.42. The van der Waals surface area contributed by atoms with Crippen molar-refractivity contribution in [3.8, 4) is 11.5 Å². The fourth-order valence-electron chi connectivity index (χ4n) is 1.55. The second-order valence-corrected chi connectivity index (χ2v) is 3.68. The van der Waals surface area contributed by atoms with E-state index in [2.05, 4.69) is 17.2 Å². The van der Waals surface area contributed by atoms with Gasteiger partial charge in [0.2, 0.25) is 6.79 Å². The van der Waals surface area contributed by atoms with Crippen LogP contribution in [0.15, 0.2) is 24.8 Å². The largest absolute Gasteiger partial charge is 0.478 e. The predicted molar refractivity (Wildman–Crippen MR) is 66.7 cm³/mol. The van der Waals surface area contributed by atoms with E-state index >= 15 is 0 Å². The molecule has 100 valence electrons. The fourth-order valence-corrected chi connectivity index (χ4v) is 1.55. The maximum absolute atomic E-state index is 11.5. The first-order valence-corrected chi connectivity index (χ1v) is 5.44. The van der Waals surface area contributed by atoms with Gasteiger partial charge in [0.15, 0.2) is 11.5 Å². The number of aromatic carboxylic acids is 1. The Bertz CT molecular complexity index is 541. The van der Waals surface area contributed by atoms with E-state index in [1.807, 2.05) is 0 Å². The Hall–Kier alpha value is -2.70. The molecule has 2 rings (SSSR count). The van der Waals surface area contributed by atoms with Gasteiger partial charge in [-0.1, -0.05) is 6.08 Å². The van der Waals surface area contributed by atoms with Crippen molar-refractivity contribution >= 4 is 17.7 Å². The van der Waals surface area contributed by atoms with Crippen molar-refractivity contribution in [1.82, 2.24) is 5.32 Å². The highest BCUT2D eigenvalue weighted by Crippen LogP contribution is 2.37. The number of urea groups is 1. The summed E-state index contributed by atoms with van der Waals surface area (Å²) in [6, 6.07) is 2.20. The topological polar surface area (TPSA) is 96.9 Å². The second-order valence-electron chi connectivity index (χ2n) is 3.68. The SMILES string of the molecule is C=CCNC(=O)Nc1cc2c(cc1C(=O)O)OCO2. The average Bonchev–Trinajstić information content (AvgIpc) is 2.82. The molecule has 1 aromatic carbocycles. The van der Waals surface area contributed by atoms with Crippen LogP contribution in [0.3, 0.4) is 0 Å². The molecule has 0 aliphatic carbocycles. The van der Waals surface area contributed by atoms with E-state index in [1.165, 1.54) is 18.2 Å². The van der Waals surface area contributed by atoms with E-state index < -0.39 is 12.0 Å². The first-order chi connectivity index (χ1) is 9.11. The Kier molecular flexibility index (Phi) is 3.56. The van der Waals surface area contributed by atoms with Crippen molar-refractivity contribution in [2.45, 2.75) is 0 Å². The molecule has 3 N–H and O–H groups in total. The number of carboxylic acids is 1. The summed E-state index contributed by atoms with van der Waals surface area (Å²) in [5.41, 5.74) is 0.0660. The summed E-state index contributed by atoms with van der Waals surface area (Å²) in [6.45, 7) is 3.76. The van der Waals surface area contributed by atoms with Crippen LogP contribution in [0.4, 0.5) is 10.5 Å². The molecule has 0 atom stereocenters. The Morgan fingerprint density at radius 1 is 1.37 bits per heavy atom. The number of amides is 2. The summed E-state index contributed by atoms with van der Waals surface area (Å²) in [6.07, 6.45) is 1.51. The highest BCUT2D eigenvalue weighted by molar-refractivity contribution is 6.01. The lowest BCUT2D eigenvalue weighted by Gasteiger charge is -2.10. The first-order valence-electron chi connectivity index (χ1n) is 5.44. The smallest absolute Gasteiger partial charge is 0.337 e. The monoisotopic (exact) mass is 264 g/mol. The van der Waals surface area contributed by atoms with Gasteiger partial charge < -0.3 is 25.2 Å². The molecule has 0 aromatic heterocycles. The van der Waals surface area contributed by atoms with E-state index in [9.17, 15) is 9.59 Å². The number of hydrogen-bond donors (Lipinski definition) is 3. The summed E-state index contributed by atoms with van der Waals surface area (Å²) < 4.78 is 10.2. The van der Waals surface area contributed by atoms with Gasteiger partial charge in [0, 0.05) is 18.7 Å². The average molecular weight is 264 g/mol. The Labute approximate surface area is 108 Å². The van der Waals surface area contributed by atoms with Crippen molar-refractivity contribution < 1.29 is 24.2 Å². The minimum atomic E-state index is -1.17. The van der Waals surface area contributed by atoms with E-state index in [4.69, 9.17) is 14.6 Å². The van der Waals surface area contributed by atoms with Gasteiger partial charge in [-0.05, 0) is 0 Å². The summed E-state index contributed by atoms with van der Waals surface area (Å²) in [5.74, 6) is -0.434. The zero-order valence-corrected chi connectivity index (χ0v) is 9.93. The number of carbonyl (C=O) groups is 2. The van der Waals surface area contributed by atoms with Crippen LogP contribution in [0.1, 0.15) is 10.4 Å². The highest BCUT2D eigenvalue weighted by atomic mass is 16.7. The minimum absolute atomic E-state index is 0.0283. The third-order valence-electron chi connectivity index (χ3n) is 2.40. The fraction of sp³-hybridized carbons (Fsp3) is 0.167. The van der Waals surface area contributed by atoms with Crippen LogP contribution in [-0.4, -0.2) is 30.4 Å². The Morgan fingerprint density at radius 3 is 2.68 bits per heavy atom. The molecule has 1 heterocycles. The maximum Gasteiger partial charge on any atom is 0.337 e. The van der Waals surface area contributed by atoms with Gasteiger partial charge in [-0.3, -0.25) is 0 Å². The van der Waals surface area contributed by atoms with Crippen molar-refractivity contribution in [3.05, 3.63) is 30.4 Å². The Balaban J connectivity index is 2.25. The van der Waals surface area contributed by atoms with Gasteiger partial charge in [-0.15, -0.1) is 6.58 Å². The number of benzene rings is 1. The van der Waals surface area contributed by atoms with Crippen molar-refractivity contribution in [2.75, 3.05) is 18.7 Å². The molecule has 0 saturated carbocycles. The molecule has 19 heavy (non-hydrogen) atoms. The van der Waals surface area contributed by atoms with Crippen LogP contribution in [0.25, 0.3) is 0 Å². The molecular formula is C12H12N2O5. The van der Waals surface area contributed by atoms with Crippen LogP contribution in [-0.2, 0) is 0 Å². The van der Waals surface area contributed by atoms with E-state index in [-0.39, 0.29) is 24.6 Å². The summed E-state index contributed by atoms with van der Waals surface area (Å²) in [4.78, 5) is 22.6. The number of nitrogens with one attached hydrogen (secondary N) is 2. The molecule has 2 amide bonds. The van der Waals surface area contributed by atoms with Gasteiger partial charge in [0.1, 0.15) is 0 Å². The lowest BCUT2D eigenvalue weighted by atomic mass is 10.1. The van der Waals surface area contributed by atoms with Crippen LogP contribution in [0, 0.1) is 0 Å². The summed E-state index contributed by atoms with van der Waals surface area (Å²) >= 11 is 0. The van der Waals surface area contributed by atoms with Crippen molar-refractivity contribution in [3.63, 3.8) is 0 Å². The molecule has 0 fully saturated rings. The number of carboxylic acid groups (broad SMARTS) is 1. The molecule has 0 unspecified atom stereocenters. The van der Waals surface area contributed by atoms with Crippen LogP contribution < -0.4 is 20.1 Å². The third-order valence-corrected chi connectivity index (χ3v) is 2.40. The first kappa shape index (κ1) is 12.7. The van der Waals surface area contributed by atoms with Crippen LogP contribution in [0.2, 0.25) is 0 Å². The van der Waals surface area contributed by atoms with E-state index in [1.54, 1.807) is 0 Å². The molecule has 1 aliphatic rings. The zero-order chi connectivity index (χ0) is 13.8. The van der Waals surface area contributed by atoms with Gasteiger partial charge >= 0.3 is 12.0 Å². The molecule has 0 bridgehead atoms. The lowest BCUT2D eigenvalue weighted by Crippen LogP contribution is -2.29. The van der Waals surface area contributed by atoms with Gasteiger partial charge in [0.25, 0.3) is 0 Å². The van der Waals surface area contributed by atoms with Gasteiger partial charge in [-0.2, -0.15) is 0 Å². The molecular weight excluding hydrogens is 252 g/mol. The quantitative estimate of drug-likeness (QED) is 0.714. The molecule has 0 spiro atoms. The molecule has 1 aliphatic heterocycles. The summed E-state index contributed by atoms with van der Waals surface area (Å²) in [5, 5.41) is 14.0. The third kappa shape index (κ3) is 2.76. The number of fused-ring (bicyclic) bond motifs is 1. The summed E-state index contributed by atoms with van der Waals surface area (Å²) in [7, 11) is 0. The zero-order valence-electron chi connectivity index (χ0n) is 9.93. The molecule has 7 heteroatoms. The lowest BCUT2D eigenvalue weighted by molar-refractivity contribution is 0.0697. The number of carbonyl (C=O) groups excluding carboxylic acids is 1. The Morgan fingerprint density at radius 2 is 2.05 bits per heavy atom. The molecule has 0 saturated heterocycles. The highest BCUT2D eigenvalue weighted by Gasteiger charge is 2.21. The number of ether oxygens (including phenoxy) is 2. The molecule has 7 nitrogen and oxygen atoms in total. The maximum atomic E-state index is 11.5. The second kappa shape index (κ2) is 5.30. The van der Waals surface area contributed by atoms with Gasteiger partial charge in [-0.25, -0.2) is 9.59 Å². The molecule has 0 radical (unpaired) electrons. The van der Waals surface area contributed by atoms with Crippen molar-refractivity contribution in [2.24, 2.45) is 0 Å². The number of rotatable bonds is 4. The number of anilines is 1. The number of hydrogen-bond acceptors (Lipinski definition) is 4.